The second kappa shape index (κ2) is 11.5. The zero-order chi connectivity index (χ0) is 25.3. The van der Waals surface area contributed by atoms with E-state index in [1.54, 1.807) is 42.5 Å². The molecule has 0 radical (unpaired) electrons. The quantitative estimate of drug-likeness (QED) is 0.191. The molecule has 0 aliphatic carbocycles. The summed E-state index contributed by atoms with van der Waals surface area (Å²) in [6.45, 7) is 2.52. The third-order valence-corrected chi connectivity index (χ3v) is 5.22. The number of para-hydroxylation sites is 1. The number of nitro benzene ring substituents is 1. The van der Waals surface area contributed by atoms with Crippen molar-refractivity contribution in [1.29, 1.82) is 0 Å². The van der Waals surface area contributed by atoms with Crippen LogP contribution in [0.25, 0.3) is 5.69 Å². The van der Waals surface area contributed by atoms with Gasteiger partial charge < -0.3 is 14.0 Å². The van der Waals surface area contributed by atoms with Crippen molar-refractivity contribution in [2.24, 2.45) is 5.10 Å². The molecule has 0 atom stereocenters. The standard InChI is InChI=1S/C27H24N4O5/c1-2-35-26-17-21(11-14-25(26)36-19-20-9-12-22(13-10-20)31(33)34)18-28-29-27(32)23-7-3-4-8-24(23)30-15-5-6-16-30/h3-18H,2,19H2,1H3,(H,29,32)/b28-18-. The third kappa shape index (κ3) is 5.95. The highest BCUT2D eigenvalue weighted by Gasteiger charge is 2.12. The number of hydrazone groups is 1. The predicted octanol–water partition coefficient (Wildman–Crippen LogP) is 5.13. The van der Waals surface area contributed by atoms with E-state index in [1.807, 2.05) is 48.1 Å². The van der Waals surface area contributed by atoms with Gasteiger partial charge in [-0.15, -0.1) is 0 Å². The van der Waals surface area contributed by atoms with E-state index in [4.69, 9.17) is 9.47 Å². The van der Waals surface area contributed by atoms with Gasteiger partial charge in [0.25, 0.3) is 11.6 Å². The number of ether oxygens (including phenoxy) is 2. The van der Waals surface area contributed by atoms with Gasteiger partial charge in [0.15, 0.2) is 11.5 Å². The molecular formula is C27H24N4O5. The molecule has 0 fully saturated rings. The maximum Gasteiger partial charge on any atom is 0.273 e. The Bertz CT molecular complexity index is 1370. The van der Waals surface area contributed by atoms with Crippen LogP contribution in [0.1, 0.15) is 28.4 Å². The fourth-order valence-corrected chi connectivity index (χ4v) is 3.48. The smallest absolute Gasteiger partial charge is 0.273 e. The van der Waals surface area contributed by atoms with Gasteiger partial charge in [-0.3, -0.25) is 14.9 Å². The average molecular weight is 485 g/mol. The van der Waals surface area contributed by atoms with E-state index in [2.05, 4.69) is 10.5 Å². The van der Waals surface area contributed by atoms with Gasteiger partial charge in [0.2, 0.25) is 0 Å². The van der Waals surface area contributed by atoms with E-state index in [0.29, 0.717) is 29.2 Å². The molecule has 0 bridgehead atoms. The van der Waals surface area contributed by atoms with Crippen molar-refractivity contribution >= 4 is 17.8 Å². The van der Waals surface area contributed by atoms with Crippen molar-refractivity contribution in [2.45, 2.75) is 13.5 Å². The number of carbonyl (C=O) groups excluding carboxylic acids is 1. The van der Waals surface area contributed by atoms with Crippen LogP contribution >= 0.6 is 0 Å². The average Bonchev–Trinajstić information content (AvgIpc) is 3.43. The van der Waals surface area contributed by atoms with Crippen molar-refractivity contribution in [3.63, 3.8) is 0 Å². The highest BCUT2D eigenvalue weighted by molar-refractivity contribution is 5.98. The van der Waals surface area contributed by atoms with Gasteiger partial charge in [-0.1, -0.05) is 12.1 Å². The summed E-state index contributed by atoms with van der Waals surface area (Å²) in [7, 11) is 0. The van der Waals surface area contributed by atoms with E-state index in [9.17, 15) is 14.9 Å². The Labute approximate surface area is 207 Å². The SMILES string of the molecule is CCOc1cc(/C=N\NC(=O)c2ccccc2-n2cccc2)ccc1OCc1ccc([N+](=O)[O-])cc1. The molecule has 1 N–H and O–H groups in total. The summed E-state index contributed by atoms with van der Waals surface area (Å²) in [5, 5.41) is 14.9. The highest BCUT2D eigenvalue weighted by Crippen LogP contribution is 2.29. The minimum Gasteiger partial charge on any atom is -0.490 e. The first kappa shape index (κ1) is 24.2. The van der Waals surface area contributed by atoms with Crippen molar-refractivity contribution in [2.75, 3.05) is 6.61 Å². The van der Waals surface area contributed by atoms with Gasteiger partial charge in [0.05, 0.1) is 29.0 Å². The van der Waals surface area contributed by atoms with Gasteiger partial charge in [-0.25, -0.2) is 5.43 Å². The van der Waals surface area contributed by atoms with Crippen LogP contribution in [0.2, 0.25) is 0 Å². The zero-order valence-corrected chi connectivity index (χ0v) is 19.5. The Morgan fingerprint density at radius 1 is 1.00 bits per heavy atom. The first-order valence-electron chi connectivity index (χ1n) is 11.2. The second-order valence-corrected chi connectivity index (χ2v) is 7.66. The lowest BCUT2D eigenvalue weighted by Gasteiger charge is -2.12. The molecule has 1 amide bonds. The molecule has 0 saturated carbocycles. The Balaban J connectivity index is 1.42. The van der Waals surface area contributed by atoms with E-state index >= 15 is 0 Å². The molecule has 4 rings (SSSR count). The number of benzene rings is 3. The molecule has 0 spiro atoms. The number of amides is 1. The van der Waals surface area contributed by atoms with E-state index < -0.39 is 4.92 Å². The number of nitrogens with one attached hydrogen (secondary N) is 1. The van der Waals surface area contributed by atoms with Crippen molar-refractivity contribution < 1.29 is 19.2 Å². The number of hydrogen-bond acceptors (Lipinski definition) is 6. The van der Waals surface area contributed by atoms with Gasteiger partial charge in [0.1, 0.15) is 6.61 Å². The summed E-state index contributed by atoms with van der Waals surface area (Å²) < 4.78 is 13.4. The molecule has 182 valence electrons. The monoisotopic (exact) mass is 484 g/mol. The largest absolute Gasteiger partial charge is 0.490 e. The normalized spacial score (nSPS) is 10.8. The maximum absolute atomic E-state index is 12.7. The lowest BCUT2D eigenvalue weighted by atomic mass is 10.1. The van der Waals surface area contributed by atoms with E-state index in [0.717, 1.165) is 11.3 Å². The first-order valence-corrected chi connectivity index (χ1v) is 11.2. The van der Waals surface area contributed by atoms with E-state index in [-0.39, 0.29) is 18.2 Å². The summed E-state index contributed by atoms with van der Waals surface area (Å²) in [6, 6.07) is 22.5. The molecule has 3 aromatic carbocycles. The zero-order valence-electron chi connectivity index (χ0n) is 19.5. The van der Waals surface area contributed by atoms with E-state index in [1.165, 1.54) is 18.3 Å². The maximum atomic E-state index is 12.7. The number of nitrogens with zero attached hydrogens (tertiary/aromatic N) is 3. The molecule has 0 aliphatic heterocycles. The Morgan fingerprint density at radius 3 is 2.47 bits per heavy atom. The van der Waals surface area contributed by atoms with Gasteiger partial charge in [-0.05, 0) is 72.6 Å². The Morgan fingerprint density at radius 2 is 1.75 bits per heavy atom. The molecule has 0 saturated heterocycles. The Hall–Kier alpha value is -4.92. The fourth-order valence-electron chi connectivity index (χ4n) is 3.48. The van der Waals surface area contributed by atoms with Crippen LogP contribution in [0.4, 0.5) is 5.69 Å². The Kier molecular flexibility index (Phi) is 7.72. The van der Waals surface area contributed by atoms with Gasteiger partial charge in [0, 0.05) is 24.5 Å². The van der Waals surface area contributed by atoms with Gasteiger partial charge >= 0.3 is 0 Å². The lowest BCUT2D eigenvalue weighted by molar-refractivity contribution is -0.384. The van der Waals surface area contributed by atoms with Crippen LogP contribution in [-0.2, 0) is 6.61 Å². The third-order valence-electron chi connectivity index (χ3n) is 5.22. The fraction of sp³-hybridized carbons (Fsp3) is 0.111. The lowest BCUT2D eigenvalue weighted by Crippen LogP contribution is -2.19. The van der Waals surface area contributed by atoms with Crippen molar-refractivity contribution in [3.8, 4) is 17.2 Å². The van der Waals surface area contributed by atoms with Crippen LogP contribution in [-0.4, -0.2) is 28.2 Å². The number of rotatable bonds is 10. The summed E-state index contributed by atoms with van der Waals surface area (Å²) in [5.74, 6) is 0.716. The topological polar surface area (TPSA) is 108 Å². The molecule has 9 heteroatoms. The minimum atomic E-state index is -0.443. The predicted molar refractivity (Wildman–Crippen MR) is 136 cm³/mol. The summed E-state index contributed by atoms with van der Waals surface area (Å²) in [4.78, 5) is 23.1. The van der Waals surface area contributed by atoms with Crippen LogP contribution in [0.15, 0.2) is 96.4 Å². The van der Waals surface area contributed by atoms with Gasteiger partial charge in [-0.2, -0.15) is 5.10 Å². The number of hydrogen-bond donors (Lipinski definition) is 1. The molecule has 0 aliphatic rings. The molecule has 9 nitrogen and oxygen atoms in total. The first-order chi connectivity index (χ1) is 17.5. The number of carbonyl (C=O) groups is 1. The molecule has 36 heavy (non-hydrogen) atoms. The van der Waals surface area contributed by atoms with Crippen LogP contribution in [0, 0.1) is 10.1 Å². The molecule has 1 heterocycles. The van der Waals surface area contributed by atoms with Crippen LogP contribution < -0.4 is 14.9 Å². The number of nitro groups is 1. The summed E-state index contributed by atoms with van der Waals surface area (Å²) in [5.41, 5.74) is 5.34. The van der Waals surface area contributed by atoms with Crippen molar-refractivity contribution in [3.05, 3.63) is 118 Å². The van der Waals surface area contributed by atoms with Crippen molar-refractivity contribution in [1.82, 2.24) is 9.99 Å². The number of aromatic nitrogens is 1. The molecule has 4 aromatic rings. The minimum absolute atomic E-state index is 0.0256. The van der Waals surface area contributed by atoms with Crippen LogP contribution in [0.3, 0.4) is 0 Å². The molecular weight excluding hydrogens is 460 g/mol. The second-order valence-electron chi connectivity index (χ2n) is 7.66. The number of non-ortho nitro benzene ring substituents is 1. The summed E-state index contributed by atoms with van der Waals surface area (Å²) >= 11 is 0. The van der Waals surface area contributed by atoms with Crippen LogP contribution in [0.5, 0.6) is 11.5 Å². The molecule has 1 aromatic heterocycles. The summed E-state index contributed by atoms with van der Waals surface area (Å²) in [6.07, 6.45) is 5.27. The molecule has 0 unspecified atom stereocenters. The highest BCUT2D eigenvalue weighted by atomic mass is 16.6.